The van der Waals surface area contributed by atoms with Gasteiger partial charge in [-0.25, -0.2) is 0 Å². The lowest BCUT2D eigenvalue weighted by Gasteiger charge is -2.44. The van der Waals surface area contributed by atoms with E-state index in [-0.39, 0.29) is 11.7 Å². The maximum atomic E-state index is 13.1. The van der Waals surface area contributed by atoms with Crippen molar-refractivity contribution >= 4 is 23.3 Å². The predicted octanol–water partition coefficient (Wildman–Crippen LogP) is 5.96. The molecule has 5 rings (SSSR count). The Bertz CT molecular complexity index is 1180. The summed E-state index contributed by atoms with van der Waals surface area (Å²) in [7, 11) is 0. The summed E-state index contributed by atoms with van der Waals surface area (Å²) in [5.41, 5.74) is 3.79. The van der Waals surface area contributed by atoms with E-state index >= 15 is 0 Å². The van der Waals surface area contributed by atoms with Crippen LogP contribution in [0.3, 0.4) is 0 Å². The van der Waals surface area contributed by atoms with E-state index in [0.717, 1.165) is 16.7 Å². The van der Waals surface area contributed by atoms with Gasteiger partial charge in [-0.15, -0.1) is 0 Å². The summed E-state index contributed by atoms with van der Waals surface area (Å²) in [4.78, 5) is 27.8. The molecule has 3 aromatic carbocycles. The Labute approximate surface area is 192 Å². The third-order valence-corrected chi connectivity index (χ3v) is 6.76. The zero-order valence-corrected chi connectivity index (χ0v) is 18.7. The highest BCUT2D eigenvalue weighted by Crippen LogP contribution is 2.42. The largest absolute Gasteiger partial charge is 0.486 e. The number of ketones is 1. The number of aryl methyl sites for hydroxylation is 1. The number of piperidine rings is 1. The Balaban J connectivity index is 1.28. The molecule has 2 aliphatic rings. The van der Waals surface area contributed by atoms with Crippen LogP contribution in [0.4, 0.5) is 0 Å². The van der Waals surface area contributed by atoms with Gasteiger partial charge in [-0.3, -0.25) is 9.59 Å². The number of fused-ring (bicyclic) bond motifs is 1. The molecular formula is C27H24ClNO3. The van der Waals surface area contributed by atoms with Crippen molar-refractivity contribution in [3.8, 4) is 16.9 Å². The Morgan fingerprint density at radius 2 is 1.62 bits per heavy atom. The fourth-order valence-corrected chi connectivity index (χ4v) is 5.00. The van der Waals surface area contributed by atoms with Crippen LogP contribution in [0.1, 0.15) is 45.5 Å². The first kappa shape index (κ1) is 20.8. The van der Waals surface area contributed by atoms with Gasteiger partial charge in [-0.1, -0.05) is 54.1 Å². The van der Waals surface area contributed by atoms with Crippen molar-refractivity contribution in [3.63, 3.8) is 0 Å². The lowest BCUT2D eigenvalue weighted by Crippen LogP contribution is -2.52. The van der Waals surface area contributed by atoms with Crippen LogP contribution in [0, 0.1) is 6.92 Å². The van der Waals surface area contributed by atoms with Gasteiger partial charge in [0.05, 0.1) is 12.0 Å². The number of carbonyl (C=O) groups is 2. The van der Waals surface area contributed by atoms with E-state index in [4.69, 9.17) is 16.3 Å². The number of hydrogen-bond acceptors (Lipinski definition) is 3. The molecule has 162 valence electrons. The molecular weight excluding hydrogens is 422 g/mol. The molecule has 1 fully saturated rings. The number of nitrogens with zero attached hydrogens (tertiary/aromatic N) is 1. The lowest BCUT2D eigenvalue weighted by atomic mass is 9.82. The number of halogens is 1. The smallest absolute Gasteiger partial charge is 0.253 e. The quantitative estimate of drug-likeness (QED) is 0.489. The maximum Gasteiger partial charge on any atom is 0.253 e. The number of carbonyl (C=O) groups excluding carboxylic acids is 2. The van der Waals surface area contributed by atoms with Gasteiger partial charge in [-0.05, 0) is 47.9 Å². The molecule has 1 amide bonds. The van der Waals surface area contributed by atoms with Gasteiger partial charge in [0.25, 0.3) is 5.91 Å². The van der Waals surface area contributed by atoms with Gasteiger partial charge < -0.3 is 9.64 Å². The van der Waals surface area contributed by atoms with Gasteiger partial charge in [0, 0.05) is 36.5 Å². The van der Waals surface area contributed by atoms with Crippen molar-refractivity contribution in [1.82, 2.24) is 4.90 Å². The molecule has 4 nitrogen and oxygen atoms in total. The highest BCUT2D eigenvalue weighted by atomic mass is 35.5. The Hall–Kier alpha value is -3.11. The first-order valence-corrected chi connectivity index (χ1v) is 11.3. The number of amides is 1. The van der Waals surface area contributed by atoms with E-state index in [1.165, 1.54) is 0 Å². The molecule has 0 atom stereocenters. The van der Waals surface area contributed by atoms with E-state index in [9.17, 15) is 9.59 Å². The zero-order valence-electron chi connectivity index (χ0n) is 17.9. The lowest BCUT2D eigenvalue weighted by molar-refractivity contribution is -0.00616. The summed E-state index contributed by atoms with van der Waals surface area (Å²) in [6.45, 7) is 3.04. The Morgan fingerprint density at radius 3 is 2.31 bits per heavy atom. The third kappa shape index (κ3) is 3.80. The molecule has 1 spiro atoms. The van der Waals surface area contributed by atoms with E-state index in [2.05, 4.69) is 12.1 Å². The maximum absolute atomic E-state index is 13.1. The van der Waals surface area contributed by atoms with Gasteiger partial charge >= 0.3 is 0 Å². The van der Waals surface area contributed by atoms with E-state index < -0.39 is 5.60 Å². The average Bonchev–Trinajstić information content (AvgIpc) is 2.81. The van der Waals surface area contributed by atoms with Gasteiger partial charge in [0.1, 0.15) is 11.4 Å². The van der Waals surface area contributed by atoms with Gasteiger partial charge in [0.2, 0.25) is 0 Å². The van der Waals surface area contributed by atoms with Crippen molar-refractivity contribution in [1.29, 1.82) is 0 Å². The van der Waals surface area contributed by atoms with Crippen LogP contribution < -0.4 is 4.74 Å². The number of hydrogen-bond donors (Lipinski definition) is 0. The highest BCUT2D eigenvalue weighted by molar-refractivity contribution is 6.31. The fourth-order valence-electron chi connectivity index (χ4n) is 4.73. The molecule has 3 aromatic rings. The summed E-state index contributed by atoms with van der Waals surface area (Å²) in [6, 6.07) is 21.4. The molecule has 0 N–H and O–H groups in total. The highest BCUT2D eigenvalue weighted by Gasteiger charge is 2.44. The normalized spacial score (nSPS) is 17.1. The van der Waals surface area contributed by atoms with Crippen LogP contribution in [-0.2, 0) is 0 Å². The molecule has 1 saturated heterocycles. The number of likely N-dealkylation sites (tertiary alicyclic amines) is 1. The molecule has 0 saturated carbocycles. The van der Waals surface area contributed by atoms with E-state index in [0.29, 0.717) is 54.3 Å². The second-order valence-corrected chi connectivity index (χ2v) is 9.16. The standard InChI is InChI=1S/C27H24ClNO3/c1-18-15-22(28)16-23-24(30)17-27(32-25(18)23)11-13-29(14-12-27)26(31)21-9-7-20(8-10-21)19-5-3-2-4-6-19/h2-10,15-16H,11-14,17H2,1H3. The molecule has 0 unspecified atom stereocenters. The Kier molecular flexibility index (Phi) is 5.26. The Morgan fingerprint density at radius 1 is 0.969 bits per heavy atom. The first-order chi connectivity index (χ1) is 15.4. The predicted molar refractivity (Wildman–Crippen MR) is 126 cm³/mol. The van der Waals surface area contributed by atoms with Crippen LogP contribution >= 0.6 is 11.6 Å². The summed E-state index contributed by atoms with van der Waals surface area (Å²) >= 11 is 6.13. The third-order valence-electron chi connectivity index (χ3n) is 6.54. The minimum atomic E-state index is -0.545. The van der Waals surface area contributed by atoms with Gasteiger partial charge in [0.15, 0.2) is 5.78 Å². The molecule has 0 bridgehead atoms. The summed E-state index contributed by atoms with van der Waals surface area (Å²) in [5.74, 6) is 0.722. The number of benzene rings is 3. The van der Waals surface area contributed by atoms with E-state index in [1.807, 2.05) is 60.4 Å². The summed E-state index contributed by atoms with van der Waals surface area (Å²) in [6.07, 6.45) is 1.59. The van der Waals surface area contributed by atoms with Crippen LogP contribution in [-0.4, -0.2) is 35.3 Å². The van der Waals surface area contributed by atoms with Crippen LogP contribution in [0.25, 0.3) is 11.1 Å². The van der Waals surface area contributed by atoms with Crippen LogP contribution in [0.5, 0.6) is 5.75 Å². The average molecular weight is 446 g/mol. The minimum Gasteiger partial charge on any atom is -0.486 e. The van der Waals surface area contributed by atoms with Crippen molar-refractivity contribution in [2.75, 3.05) is 13.1 Å². The zero-order chi connectivity index (χ0) is 22.3. The topological polar surface area (TPSA) is 46.6 Å². The second-order valence-electron chi connectivity index (χ2n) is 8.72. The molecule has 0 radical (unpaired) electrons. The van der Waals surface area contributed by atoms with Crippen LogP contribution in [0.2, 0.25) is 5.02 Å². The van der Waals surface area contributed by atoms with Gasteiger partial charge in [-0.2, -0.15) is 0 Å². The number of ether oxygens (including phenoxy) is 1. The molecule has 32 heavy (non-hydrogen) atoms. The first-order valence-electron chi connectivity index (χ1n) is 10.9. The molecule has 5 heteroatoms. The van der Waals surface area contributed by atoms with Crippen molar-refractivity contribution in [3.05, 3.63) is 88.4 Å². The number of rotatable bonds is 2. The van der Waals surface area contributed by atoms with Crippen molar-refractivity contribution in [2.24, 2.45) is 0 Å². The molecule has 2 aliphatic heterocycles. The molecule has 2 heterocycles. The minimum absolute atomic E-state index is 0.0185. The fraction of sp³-hybridized carbons (Fsp3) is 0.259. The summed E-state index contributed by atoms with van der Waals surface area (Å²) < 4.78 is 6.40. The van der Waals surface area contributed by atoms with E-state index in [1.54, 1.807) is 6.07 Å². The SMILES string of the molecule is Cc1cc(Cl)cc2c1OC1(CCN(C(=O)c3ccc(-c4ccccc4)cc3)CC1)CC2=O. The number of Topliss-reactive ketones (excluding diaryl/α,β-unsaturated/α-hetero) is 1. The second kappa shape index (κ2) is 8.10. The van der Waals surface area contributed by atoms with Crippen LogP contribution in [0.15, 0.2) is 66.7 Å². The molecule has 0 aromatic heterocycles. The van der Waals surface area contributed by atoms with Crippen molar-refractivity contribution < 1.29 is 14.3 Å². The van der Waals surface area contributed by atoms with Crippen molar-refractivity contribution in [2.45, 2.75) is 31.8 Å². The molecule has 0 aliphatic carbocycles. The summed E-state index contributed by atoms with van der Waals surface area (Å²) in [5, 5.41) is 0.549. The monoisotopic (exact) mass is 445 g/mol.